The van der Waals surface area contributed by atoms with Crippen molar-refractivity contribution in [2.75, 3.05) is 26.7 Å². The van der Waals surface area contributed by atoms with Gasteiger partial charge in [0.15, 0.2) is 0 Å². The fourth-order valence-corrected chi connectivity index (χ4v) is 6.09. The van der Waals surface area contributed by atoms with Gasteiger partial charge in [-0.25, -0.2) is 8.42 Å². The topological polar surface area (TPSA) is 79.8 Å². The number of carbonyl (C=O) groups is 1. The summed E-state index contributed by atoms with van der Waals surface area (Å²) < 4.78 is 33.6. The maximum Gasteiger partial charge on any atom is 0.256 e. The lowest BCUT2D eigenvalue weighted by Gasteiger charge is -2.37. The summed E-state index contributed by atoms with van der Waals surface area (Å²) in [4.78, 5) is 18.9. The van der Waals surface area contributed by atoms with Gasteiger partial charge in [0.05, 0.1) is 23.6 Å². The zero-order chi connectivity index (χ0) is 20.2. The molecule has 2 aliphatic rings. The van der Waals surface area contributed by atoms with E-state index in [2.05, 4.69) is 4.98 Å². The SMILES string of the molecule is COc1cc(C)c(S(=O)(=O)N2CCN3C(=O)c4cnc(C)cc4C3C2)c(C)c1. The molecule has 148 valence electrons. The van der Waals surface area contributed by atoms with Crippen LogP contribution in [-0.4, -0.2) is 55.3 Å². The minimum atomic E-state index is -3.69. The molecule has 2 aliphatic heterocycles. The summed E-state index contributed by atoms with van der Waals surface area (Å²) in [5.74, 6) is 0.568. The van der Waals surface area contributed by atoms with Gasteiger partial charge in [0.25, 0.3) is 5.91 Å². The van der Waals surface area contributed by atoms with E-state index in [1.807, 2.05) is 13.0 Å². The first-order valence-corrected chi connectivity index (χ1v) is 10.6. The normalized spacial score (nSPS) is 19.5. The van der Waals surface area contributed by atoms with Crippen molar-refractivity contribution in [3.63, 3.8) is 0 Å². The number of benzene rings is 1. The number of hydrogen-bond acceptors (Lipinski definition) is 5. The second kappa shape index (κ2) is 6.56. The van der Waals surface area contributed by atoms with E-state index in [1.54, 1.807) is 44.2 Å². The van der Waals surface area contributed by atoms with Crippen LogP contribution in [0.4, 0.5) is 0 Å². The van der Waals surface area contributed by atoms with Crippen LogP contribution in [-0.2, 0) is 10.0 Å². The zero-order valence-corrected chi connectivity index (χ0v) is 17.2. The number of carbonyl (C=O) groups excluding carboxylic acids is 1. The fraction of sp³-hybridized carbons (Fsp3) is 0.400. The van der Waals surface area contributed by atoms with Crippen LogP contribution >= 0.6 is 0 Å². The number of amides is 1. The molecule has 28 heavy (non-hydrogen) atoms. The van der Waals surface area contributed by atoms with Crippen molar-refractivity contribution in [3.05, 3.63) is 52.3 Å². The summed E-state index contributed by atoms with van der Waals surface area (Å²) in [7, 11) is -2.13. The molecular formula is C20H23N3O4S. The van der Waals surface area contributed by atoms with Gasteiger partial charge < -0.3 is 9.64 Å². The van der Waals surface area contributed by atoms with E-state index in [-0.39, 0.29) is 25.0 Å². The Morgan fingerprint density at radius 3 is 2.43 bits per heavy atom. The molecule has 4 rings (SSSR count). The van der Waals surface area contributed by atoms with E-state index < -0.39 is 10.0 Å². The quantitative estimate of drug-likeness (QED) is 0.788. The first-order valence-electron chi connectivity index (χ1n) is 9.17. The van der Waals surface area contributed by atoms with Crippen LogP contribution in [0.1, 0.15) is 38.8 Å². The highest BCUT2D eigenvalue weighted by Crippen LogP contribution is 2.38. The lowest BCUT2D eigenvalue weighted by Crippen LogP contribution is -2.49. The maximum atomic E-state index is 13.4. The number of aryl methyl sites for hydroxylation is 3. The van der Waals surface area contributed by atoms with Gasteiger partial charge in [0, 0.05) is 31.5 Å². The number of aromatic nitrogens is 1. The number of pyridine rings is 1. The average molecular weight is 401 g/mol. The zero-order valence-electron chi connectivity index (χ0n) is 16.4. The number of fused-ring (bicyclic) bond motifs is 3. The summed E-state index contributed by atoms with van der Waals surface area (Å²) in [6.45, 7) is 6.31. The molecule has 1 aromatic heterocycles. The van der Waals surface area contributed by atoms with Crippen molar-refractivity contribution >= 4 is 15.9 Å². The predicted octanol–water partition coefficient (Wildman–Crippen LogP) is 2.22. The Labute approximate surface area is 165 Å². The molecule has 1 unspecified atom stereocenters. The van der Waals surface area contributed by atoms with E-state index >= 15 is 0 Å². The number of ether oxygens (including phenoxy) is 1. The molecule has 0 bridgehead atoms. The van der Waals surface area contributed by atoms with Gasteiger partial charge in [0.2, 0.25) is 10.0 Å². The van der Waals surface area contributed by atoms with Gasteiger partial charge >= 0.3 is 0 Å². The van der Waals surface area contributed by atoms with Crippen molar-refractivity contribution in [2.24, 2.45) is 0 Å². The highest BCUT2D eigenvalue weighted by Gasteiger charge is 2.44. The third kappa shape index (κ3) is 2.79. The summed E-state index contributed by atoms with van der Waals surface area (Å²) >= 11 is 0. The van der Waals surface area contributed by atoms with Crippen LogP contribution in [0.5, 0.6) is 5.75 Å². The standard InChI is InChI=1S/C20H23N3O4S/c1-12-7-15(27-4)8-13(2)19(12)28(25,26)22-5-6-23-18(11-22)16-9-14(3)21-10-17(16)20(23)24/h7-10,18H,5-6,11H2,1-4H3. The Balaban J connectivity index is 1.71. The molecule has 8 heteroatoms. The van der Waals surface area contributed by atoms with E-state index in [1.165, 1.54) is 4.31 Å². The third-order valence-corrected chi connectivity index (χ3v) is 7.70. The van der Waals surface area contributed by atoms with Gasteiger partial charge in [-0.3, -0.25) is 9.78 Å². The van der Waals surface area contributed by atoms with Crippen LogP contribution in [0.15, 0.2) is 29.3 Å². The number of rotatable bonds is 3. The summed E-state index contributed by atoms with van der Waals surface area (Å²) in [6, 6.07) is 5.09. The highest BCUT2D eigenvalue weighted by molar-refractivity contribution is 7.89. The van der Waals surface area contributed by atoms with Crippen LogP contribution in [0, 0.1) is 20.8 Å². The first kappa shape index (κ1) is 18.9. The molecule has 1 atom stereocenters. The number of methoxy groups -OCH3 is 1. The van der Waals surface area contributed by atoms with E-state index in [4.69, 9.17) is 4.74 Å². The number of nitrogens with zero attached hydrogens (tertiary/aromatic N) is 3. The maximum absolute atomic E-state index is 13.4. The van der Waals surface area contributed by atoms with Gasteiger partial charge in [-0.2, -0.15) is 4.31 Å². The van der Waals surface area contributed by atoms with Crippen molar-refractivity contribution in [1.82, 2.24) is 14.2 Å². The van der Waals surface area contributed by atoms with Gasteiger partial charge in [0.1, 0.15) is 5.75 Å². The molecule has 2 aromatic rings. The summed E-state index contributed by atoms with van der Waals surface area (Å²) in [5.41, 5.74) is 3.56. The molecule has 1 fully saturated rings. The van der Waals surface area contributed by atoms with Crippen molar-refractivity contribution in [1.29, 1.82) is 0 Å². The molecule has 1 saturated heterocycles. The molecule has 3 heterocycles. The molecule has 0 aliphatic carbocycles. The molecular weight excluding hydrogens is 378 g/mol. The van der Waals surface area contributed by atoms with Gasteiger partial charge in [-0.1, -0.05) is 0 Å². The third-order valence-electron chi connectivity index (χ3n) is 5.53. The van der Waals surface area contributed by atoms with Crippen molar-refractivity contribution in [3.8, 4) is 5.75 Å². The monoisotopic (exact) mass is 401 g/mol. The van der Waals surface area contributed by atoms with Crippen LogP contribution < -0.4 is 4.74 Å². The minimum Gasteiger partial charge on any atom is -0.497 e. The largest absolute Gasteiger partial charge is 0.497 e. The smallest absolute Gasteiger partial charge is 0.256 e. The molecule has 0 N–H and O–H groups in total. The second-order valence-electron chi connectivity index (χ2n) is 7.38. The van der Waals surface area contributed by atoms with E-state index in [0.29, 0.717) is 33.9 Å². The van der Waals surface area contributed by atoms with E-state index in [9.17, 15) is 13.2 Å². The van der Waals surface area contributed by atoms with Crippen LogP contribution in [0.25, 0.3) is 0 Å². The molecule has 0 spiro atoms. The van der Waals surface area contributed by atoms with E-state index in [0.717, 1.165) is 11.3 Å². The Bertz CT molecular complexity index is 1060. The molecule has 1 aromatic carbocycles. The summed E-state index contributed by atoms with van der Waals surface area (Å²) in [5, 5.41) is 0. The number of piperazine rings is 1. The Morgan fingerprint density at radius 2 is 1.79 bits per heavy atom. The second-order valence-corrected chi connectivity index (χ2v) is 9.26. The van der Waals surface area contributed by atoms with Crippen molar-refractivity contribution < 1.29 is 17.9 Å². The predicted molar refractivity (Wildman–Crippen MR) is 104 cm³/mol. The Morgan fingerprint density at radius 1 is 1.11 bits per heavy atom. The van der Waals surface area contributed by atoms with Gasteiger partial charge in [-0.05, 0) is 55.7 Å². The number of sulfonamides is 1. The molecule has 7 nitrogen and oxygen atoms in total. The van der Waals surface area contributed by atoms with Crippen molar-refractivity contribution in [2.45, 2.75) is 31.7 Å². The minimum absolute atomic E-state index is 0.0682. The molecule has 0 radical (unpaired) electrons. The van der Waals surface area contributed by atoms with Crippen LogP contribution in [0.3, 0.4) is 0 Å². The average Bonchev–Trinajstić information content (AvgIpc) is 2.92. The highest BCUT2D eigenvalue weighted by atomic mass is 32.2. The summed E-state index contributed by atoms with van der Waals surface area (Å²) in [6.07, 6.45) is 1.60. The Kier molecular flexibility index (Phi) is 4.43. The first-order chi connectivity index (χ1) is 13.2. The molecule has 0 saturated carbocycles. The Hall–Kier alpha value is -2.45. The lowest BCUT2D eigenvalue weighted by molar-refractivity contribution is 0.0628. The lowest BCUT2D eigenvalue weighted by atomic mass is 10.1. The van der Waals surface area contributed by atoms with Crippen LogP contribution in [0.2, 0.25) is 0 Å². The van der Waals surface area contributed by atoms with Gasteiger partial charge in [-0.15, -0.1) is 0 Å². The number of hydrogen-bond donors (Lipinski definition) is 0. The fourth-order valence-electron chi connectivity index (χ4n) is 4.24. The molecule has 1 amide bonds.